The summed E-state index contributed by atoms with van der Waals surface area (Å²) in [6.07, 6.45) is 3.14. The van der Waals surface area contributed by atoms with E-state index in [2.05, 4.69) is 4.98 Å². The molecule has 19 heavy (non-hydrogen) atoms. The summed E-state index contributed by atoms with van der Waals surface area (Å²) in [5, 5.41) is 0. The number of nitrogen functional groups attached to an aromatic ring is 1. The van der Waals surface area contributed by atoms with Crippen molar-refractivity contribution in [3.8, 4) is 0 Å². The monoisotopic (exact) mass is 259 g/mol. The summed E-state index contributed by atoms with van der Waals surface area (Å²) in [5.41, 5.74) is 7.93. The van der Waals surface area contributed by atoms with E-state index in [4.69, 9.17) is 10.5 Å². The standard InChI is InChI=1S/C14H17N3O2/c1-3-19-14(18)13-8-16-9-17(13)10(2)11-5-4-6-12(15)7-11/h4-10H,3,15H2,1-2H3/t10-/m1/s1. The molecule has 0 saturated carbocycles. The van der Waals surface area contributed by atoms with Gasteiger partial charge in [-0.2, -0.15) is 0 Å². The molecule has 5 heteroatoms. The fraction of sp³-hybridized carbons (Fsp3) is 0.286. The molecule has 2 N–H and O–H groups in total. The number of benzene rings is 1. The molecule has 2 rings (SSSR count). The van der Waals surface area contributed by atoms with E-state index < -0.39 is 0 Å². The second-order valence-corrected chi connectivity index (χ2v) is 4.25. The van der Waals surface area contributed by atoms with Gasteiger partial charge in [0.1, 0.15) is 5.69 Å². The van der Waals surface area contributed by atoms with Gasteiger partial charge in [-0.3, -0.25) is 0 Å². The van der Waals surface area contributed by atoms with Crippen LogP contribution in [-0.4, -0.2) is 22.1 Å². The topological polar surface area (TPSA) is 70.1 Å². The van der Waals surface area contributed by atoms with Crippen molar-refractivity contribution in [2.75, 3.05) is 12.3 Å². The van der Waals surface area contributed by atoms with E-state index in [0.29, 0.717) is 18.0 Å². The van der Waals surface area contributed by atoms with Crippen molar-refractivity contribution < 1.29 is 9.53 Å². The summed E-state index contributed by atoms with van der Waals surface area (Å²) in [6.45, 7) is 4.11. The van der Waals surface area contributed by atoms with Crippen LogP contribution in [0.15, 0.2) is 36.8 Å². The molecule has 5 nitrogen and oxygen atoms in total. The highest BCUT2D eigenvalue weighted by Crippen LogP contribution is 2.21. The van der Waals surface area contributed by atoms with Gasteiger partial charge in [0.25, 0.3) is 0 Å². The molecular weight excluding hydrogens is 242 g/mol. The predicted molar refractivity (Wildman–Crippen MR) is 72.9 cm³/mol. The minimum atomic E-state index is -0.365. The largest absolute Gasteiger partial charge is 0.461 e. The molecular formula is C14H17N3O2. The third-order valence-electron chi connectivity index (χ3n) is 2.96. The Labute approximate surface area is 112 Å². The molecule has 0 aliphatic carbocycles. The number of esters is 1. The molecule has 0 aliphatic rings. The molecule has 1 aromatic heterocycles. The van der Waals surface area contributed by atoms with E-state index in [-0.39, 0.29) is 12.0 Å². The molecule has 2 aromatic rings. The molecule has 0 amide bonds. The molecule has 0 saturated heterocycles. The highest BCUT2D eigenvalue weighted by atomic mass is 16.5. The number of carbonyl (C=O) groups is 1. The van der Waals surface area contributed by atoms with Crippen LogP contribution in [0.4, 0.5) is 5.69 Å². The van der Waals surface area contributed by atoms with Gasteiger partial charge >= 0.3 is 5.97 Å². The minimum absolute atomic E-state index is 0.0367. The number of carbonyl (C=O) groups excluding carboxylic acids is 1. The van der Waals surface area contributed by atoms with Crippen molar-refractivity contribution in [1.82, 2.24) is 9.55 Å². The first-order valence-corrected chi connectivity index (χ1v) is 6.18. The van der Waals surface area contributed by atoms with Crippen LogP contribution in [-0.2, 0) is 4.74 Å². The molecule has 0 radical (unpaired) electrons. The third-order valence-corrected chi connectivity index (χ3v) is 2.96. The molecule has 0 aliphatic heterocycles. The normalized spacial score (nSPS) is 12.1. The zero-order chi connectivity index (χ0) is 13.8. The van der Waals surface area contributed by atoms with E-state index >= 15 is 0 Å². The fourth-order valence-corrected chi connectivity index (χ4v) is 1.96. The Morgan fingerprint density at radius 2 is 2.32 bits per heavy atom. The summed E-state index contributed by atoms with van der Waals surface area (Å²) < 4.78 is 6.80. The molecule has 0 unspecified atom stereocenters. The van der Waals surface area contributed by atoms with E-state index in [9.17, 15) is 4.79 Å². The van der Waals surface area contributed by atoms with Crippen molar-refractivity contribution in [2.45, 2.75) is 19.9 Å². The summed E-state index contributed by atoms with van der Waals surface area (Å²) in [6, 6.07) is 7.54. The Bertz CT molecular complexity index is 578. The van der Waals surface area contributed by atoms with Crippen molar-refractivity contribution >= 4 is 11.7 Å². The second kappa shape index (κ2) is 5.56. The predicted octanol–water partition coefficient (Wildman–Crippen LogP) is 2.25. The summed E-state index contributed by atoms with van der Waals surface area (Å²) in [4.78, 5) is 15.8. The molecule has 100 valence electrons. The van der Waals surface area contributed by atoms with Crippen LogP contribution in [0, 0.1) is 0 Å². The summed E-state index contributed by atoms with van der Waals surface area (Å²) in [7, 11) is 0. The van der Waals surface area contributed by atoms with E-state index in [1.165, 1.54) is 6.20 Å². The molecule has 0 fully saturated rings. The van der Waals surface area contributed by atoms with E-state index in [1.54, 1.807) is 17.8 Å². The van der Waals surface area contributed by atoms with Gasteiger partial charge in [-0.15, -0.1) is 0 Å². The molecule has 1 atom stereocenters. The Morgan fingerprint density at radius 1 is 1.53 bits per heavy atom. The van der Waals surface area contributed by atoms with Crippen LogP contribution >= 0.6 is 0 Å². The van der Waals surface area contributed by atoms with Crippen LogP contribution < -0.4 is 5.73 Å². The first kappa shape index (κ1) is 13.1. The zero-order valence-corrected chi connectivity index (χ0v) is 11.0. The van der Waals surface area contributed by atoms with Crippen molar-refractivity contribution in [1.29, 1.82) is 0 Å². The van der Waals surface area contributed by atoms with Crippen LogP contribution in [0.5, 0.6) is 0 Å². The van der Waals surface area contributed by atoms with Crippen molar-refractivity contribution in [3.63, 3.8) is 0 Å². The zero-order valence-electron chi connectivity index (χ0n) is 11.0. The number of aromatic nitrogens is 2. The van der Waals surface area contributed by atoms with Crippen LogP contribution in [0.25, 0.3) is 0 Å². The number of imidazole rings is 1. The first-order chi connectivity index (χ1) is 9.13. The van der Waals surface area contributed by atoms with Gasteiger partial charge in [0.2, 0.25) is 0 Å². The van der Waals surface area contributed by atoms with Gasteiger partial charge in [0, 0.05) is 5.69 Å². The quantitative estimate of drug-likeness (QED) is 0.675. The maximum atomic E-state index is 11.8. The lowest BCUT2D eigenvalue weighted by Crippen LogP contribution is -2.15. The number of hydrogen-bond donors (Lipinski definition) is 1. The number of nitrogens with zero attached hydrogens (tertiary/aromatic N) is 2. The van der Waals surface area contributed by atoms with Crippen LogP contribution in [0.2, 0.25) is 0 Å². The molecule has 1 aromatic carbocycles. The van der Waals surface area contributed by atoms with Crippen LogP contribution in [0.3, 0.4) is 0 Å². The van der Waals surface area contributed by atoms with Gasteiger partial charge in [0.15, 0.2) is 0 Å². The average molecular weight is 259 g/mol. The highest BCUT2D eigenvalue weighted by molar-refractivity contribution is 5.87. The highest BCUT2D eigenvalue weighted by Gasteiger charge is 2.17. The Hall–Kier alpha value is -2.30. The number of ether oxygens (including phenoxy) is 1. The minimum Gasteiger partial charge on any atom is -0.461 e. The number of rotatable bonds is 4. The lowest BCUT2D eigenvalue weighted by molar-refractivity contribution is 0.0512. The van der Waals surface area contributed by atoms with Gasteiger partial charge < -0.3 is 15.0 Å². The third kappa shape index (κ3) is 2.76. The van der Waals surface area contributed by atoms with E-state index in [0.717, 1.165) is 5.56 Å². The molecule has 0 spiro atoms. The Kier molecular flexibility index (Phi) is 3.85. The second-order valence-electron chi connectivity index (χ2n) is 4.25. The van der Waals surface area contributed by atoms with Crippen molar-refractivity contribution in [2.24, 2.45) is 0 Å². The maximum absolute atomic E-state index is 11.8. The summed E-state index contributed by atoms with van der Waals surface area (Å²) in [5.74, 6) is -0.365. The molecule has 1 heterocycles. The number of anilines is 1. The SMILES string of the molecule is CCOC(=O)c1cncn1[C@H](C)c1cccc(N)c1. The summed E-state index contributed by atoms with van der Waals surface area (Å²) >= 11 is 0. The van der Waals surface area contributed by atoms with Crippen molar-refractivity contribution in [3.05, 3.63) is 48.0 Å². The lowest BCUT2D eigenvalue weighted by atomic mass is 10.1. The fourth-order valence-electron chi connectivity index (χ4n) is 1.96. The molecule has 0 bridgehead atoms. The lowest BCUT2D eigenvalue weighted by Gasteiger charge is -2.16. The maximum Gasteiger partial charge on any atom is 0.356 e. The number of nitrogens with two attached hydrogens (primary N) is 1. The Morgan fingerprint density at radius 3 is 3.00 bits per heavy atom. The van der Waals surface area contributed by atoms with E-state index in [1.807, 2.05) is 31.2 Å². The van der Waals surface area contributed by atoms with Crippen LogP contribution in [0.1, 0.15) is 35.9 Å². The average Bonchev–Trinajstić information content (AvgIpc) is 2.87. The number of hydrogen-bond acceptors (Lipinski definition) is 4. The van der Waals surface area contributed by atoms with Gasteiger partial charge in [0.05, 0.1) is 25.2 Å². The van der Waals surface area contributed by atoms with Gasteiger partial charge in [-0.1, -0.05) is 12.1 Å². The van der Waals surface area contributed by atoms with Gasteiger partial charge in [-0.25, -0.2) is 9.78 Å². The van der Waals surface area contributed by atoms with Gasteiger partial charge in [-0.05, 0) is 31.5 Å². The Balaban J connectivity index is 2.32. The smallest absolute Gasteiger partial charge is 0.356 e. The first-order valence-electron chi connectivity index (χ1n) is 6.18.